The van der Waals surface area contributed by atoms with Gasteiger partial charge in [0.1, 0.15) is 0 Å². The van der Waals surface area contributed by atoms with Gasteiger partial charge in [-0.1, -0.05) is 13.3 Å². The molecule has 1 aliphatic heterocycles. The zero-order valence-electron chi connectivity index (χ0n) is 11.6. The highest BCUT2D eigenvalue weighted by Gasteiger charge is 2.17. The van der Waals surface area contributed by atoms with Crippen LogP contribution in [0.15, 0.2) is 18.2 Å². The van der Waals surface area contributed by atoms with Crippen molar-refractivity contribution in [2.45, 2.75) is 32.6 Å². The first-order valence-corrected chi connectivity index (χ1v) is 7.06. The fourth-order valence-corrected chi connectivity index (χ4v) is 2.81. The molecule has 0 bridgehead atoms. The predicted molar refractivity (Wildman–Crippen MR) is 79.2 cm³/mol. The van der Waals surface area contributed by atoms with Gasteiger partial charge in [0.15, 0.2) is 0 Å². The van der Waals surface area contributed by atoms with Crippen molar-refractivity contribution in [2.75, 3.05) is 23.7 Å². The Bertz CT molecular complexity index is 459. The molecule has 1 aromatic carbocycles. The van der Waals surface area contributed by atoms with E-state index >= 15 is 0 Å². The van der Waals surface area contributed by atoms with Crippen LogP contribution in [0.3, 0.4) is 0 Å². The molecular weight excluding hydrogens is 238 g/mol. The van der Waals surface area contributed by atoms with Crippen LogP contribution in [0.5, 0.6) is 0 Å². The molecule has 1 unspecified atom stereocenters. The lowest BCUT2D eigenvalue weighted by Gasteiger charge is -2.24. The molecule has 1 aromatic rings. The van der Waals surface area contributed by atoms with Crippen LogP contribution in [0, 0.1) is 5.92 Å². The van der Waals surface area contributed by atoms with E-state index in [1.807, 2.05) is 6.07 Å². The smallest absolute Gasteiger partial charge is 0.248 e. The number of nitrogens with two attached hydrogens (primary N) is 2. The second-order valence-corrected chi connectivity index (χ2v) is 5.33. The van der Waals surface area contributed by atoms with Gasteiger partial charge in [0.25, 0.3) is 0 Å². The van der Waals surface area contributed by atoms with Gasteiger partial charge in [0.2, 0.25) is 5.91 Å². The molecule has 2 rings (SSSR count). The molecule has 4 nitrogen and oxygen atoms in total. The molecule has 1 fully saturated rings. The van der Waals surface area contributed by atoms with Gasteiger partial charge in [0.05, 0.1) is 11.4 Å². The van der Waals surface area contributed by atoms with Gasteiger partial charge >= 0.3 is 0 Å². The highest BCUT2D eigenvalue weighted by atomic mass is 16.1. The molecule has 19 heavy (non-hydrogen) atoms. The van der Waals surface area contributed by atoms with Crippen LogP contribution in [-0.2, 0) is 0 Å². The maximum absolute atomic E-state index is 11.1. The van der Waals surface area contributed by atoms with Crippen molar-refractivity contribution in [3.05, 3.63) is 23.8 Å². The van der Waals surface area contributed by atoms with E-state index in [0.717, 1.165) is 24.7 Å². The molecular formula is C15H23N3O. The summed E-state index contributed by atoms with van der Waals surface area (Å²) in [4.78, 5) is 13.5. The molecule has 1 amide bonds. The molecule has 1 heterocycles. The number of anilines is 2. The van der Waals surface area contributed by atoms with Crippen LogP contribution < -0.4 is 16.4 Å². The Kier molecular flexibility index (Phi) is 4.30. The summed E-state index contributed by atoms with van der Waals surface area (Å²) in [5.41, 5.74) is 13.5. The number of nitrogen functional groups attached to an aromatic ring is 1. The first-order valence-electron chi connectivity index (χ1n) is 7.06. The third-order valence-electron chi connectivity index (χ3n) is 4.08. The fraction of sp³-hybridized carbons (Fsp3) is 0.533. The number of hydrogen-bond donors (Lipinski definition) is 2. The number of nitrogens with zero attached hydrogens (tertiary/aromatic N) is 1. The molecule has 104 valence electrons. The molecule has 0 radical (unpaired) electrons. The second-order valence-electron chi connectivity index (χ2n) is 5.33. The summed E-state index contributed by atoms with van der Waals surface area (Å²) >= 11 is 0. The summed E-state index contributed by atoms with van der Waals surface area (Å²) in [5.74, 6) is 0.399. The monoisotopic (exact) mass is 261 g/mol. The number of primary amides is 1. The molecule has 1 atom stereocenters. The van der Waals surface area contributed by atoms with Crippen LogP contribution in [0.25, 0.3) is 0 Å². The van der Waals surface area contributed by atoms with Crippen molar-refractivity contribution >= 4 is 17.3 Å². The largest absolute Gasteiger partial charge is 0.397 e. The van der Waals surface area contributed by atoms with Crippen molar-refractivity contribution in [1.29, 1.82) is 0 Å². The van der Waals surface area contributed by atoms with Crippen molar-refractivity contribution < 1.29 is 4.79 Å². The maximum Gasteiger partial charge on any atom is 0.248 e. The van der Waals surface area contributed by atoms with Crippen molar-refractivity contribution in [2.24, 2.45) is 11.7 Å². The van der Waals surface area contributed by atoms with Crippen LogP contribution >= 0.6 is 0 Å². The van der Waals surface area contributed by atoms with Gasteiger partial charge in [-0.2, -0.15) is 0 Å². The first kappa shape index (κ1) is 13.7. The average Bonchev–Trinajstić information content (AvgIpc) is 2.63. The van der Waals surface area contributed by atoms with Gasteiger partial charge in [-0.05, 0) is 43.4 Å². The summed E-state index contributed by atoms with van der Waals surface area (Å²) in [6.07, 6.45) is 4.97. The van der Waals surface area contributed by atoms with Crippen LogP contribution in [0.2, 0.25) is 0 Å². The standard InChI is InChI=1S/C15H23N3O/c1-2-11-4-3-8-18(9-7-11)14-6-5-12(15(17)19)10-13(14)16/h5-6,10-11H,2-4,7-9,16H2,1H3,(H2,17,19). The fourth-order valence-electron chi connectivity index (χ4n) is 2.81. The summed E-state index contributed by atoms with van der Waals surface area (Å²) in [7, 11) is 0. The highest BCUT2D eigenvalue weighted by Crippen LogP contribution is 2.29. The zero-order chi connectivity index (χ0) is 13.8. The van der Waals surface area contributed by atoms with E-state index in [1.54, 1.807) is 12.1 Å². The van der Waals surface area contributed by atoms with E-state index in [-0.39, 0.29) is 0 Å². The lowest BCUT2D eigenvalue weighted by atomic mass is 9.98. The third-order valence-corrected chi connectivity index (χ3v) is 4.08. The van der Waals surface area contributed by atoms with Gasteiger partial charge < -0.3 is 16.4 Å². The lowest BCUT2D eigenvalue weighted by Crippen LogP contribution is -2.25. The molecule has 4 N–H and O–H groups in total. The molecule has 1 saturated heterocycles. The molecule has 0 spiro atoms. The minimum atomic E-state index is -0.430. The highest BCUT2D eigenvalue weighted by molar-refractivity contribution is 5.94. The van der Waals surface area contributed by atoms with E-state index in [2.05, 4.69) is 11.8 Å². The van der Waals surface area contributed by atoms with Crippen molar-refractivity contribution in [1.82, 2.24) is 0 Å². The maximum atomic E-state index is 11.1. The van der Waals surface area contributed by atoms with Crippen LogP contribution in [0.1, 0.15) is 43.0 Å². The average molecular weight is 261 g/mol. The zero-order valence-corrected chi connectivity index (χ0v) is 11.6. The summed E-state index contributed by atoms with van der Waals surface area (Å²) in [5, 5.41) is 0. The number of hydrogen-bond acceptors (Lipinski definition) is 3. The number of carbonyl (C=O) groups is 1. The van der Waals surface area contributed by atoms with Crippen LogP contribution in [0.4, 0.5) is 11.4 Å². The molecule has 0 aliphatic carbocycles. The van der Waals surface area contributed by atoms with Gasteiger partial charge in [-0.3, -0.25) is 4.79 Å². The summed E-state index contributed by atoms with van der Waals surface area (Å²) in [6.45, 7) is 4.34. The van der Waals surface area contributed by atoms with E-state index < -0.39 is 5.91 Å². The number of benzene rings is 1. The lowest BCUT2D eigenvalue weighted by molar-refractivity contribution is 0.100. The topological polar surface area (TPSA) is 72.3 Å². The number of carbonyl (C=O) groups excluding carboxylic acids is 1. The Morgan fingerprint density at radius 3 is 2.79 bits per heavy atom. The van der Waals surface area contributed by atoms with E-state index in [1.165, 1.54) is 25.7 Å². The van der Waals surface area contributed by atoms with Gasteiger partial charge in [-0.25, -0.2) is 0 Å². The molecule has 1 aliphatic rings. The van der Waals surface area contributed by atoms with Crippen molar-refractivity contribution in [3.63, 3.8) is 0 Å². The normalized spacial score (nSPS) is 20.1. The number of rotatable bonds is 3. The SMILES string of the molecule is CCC1CCCN(c2ccc(C(N)=O)cc2N)CC1. The molecule has 0 saturated carbocycles. The Morgan fingerprint density at radius 2 is 2.16 bits per heavy atom. The van der Waals surface area contributed by atoms with Gasteiger partial charge in [-0.15, -0.1) is 0 Å². The molecule has 4 heteroatoms. The van der Waals surface area contributed by atoms with Crippen molar-refractivity contribution in [3.8, 4) is 0 Å². The molecule has 0 aromatic heterocycles. The number of amides is 1. The Morgan fingerprint density at radius 1 is 1.37 bits per heavy atom. The van der Waals surface area contributed by atoms with E-state index in [9.17, 15) is 4.79 Å². The minimum absolute atomic E-state index is 0.430. The van der Waals surface area contributed by atoms with E-state index in [4.69, 9.17) is 11.5 Å². The quantitative estimate of drug-likeness (QED) is 0.820. The predicted octanol–water partition coefficient (Wildman–Crippen LogP) is 2.38. The summed E-state index contributed by atoms with van der Waals surface area (Å²) in [6, 6.07) is 5.36. The minimum Gasteiger partial charge on any atom is -0.397 e. The van der Waals surface area contributed by atoms with Gasteiger partial charge in [0, 0.05) is 18.7 Å². The Hall–Kier alpha value is -1.71. The van der Waals surface area contributed by atoms with E-state index in [0.29, 0.717) is 11.3 Å². The summed E-state index contributed by atoms with van der Waals surface area (Å²) < 4.78 is 0. The Balaban J connectivity index is 2.15. The first-order chi connectivity index (χ1) is 9.11. The third kappa shape index (κ3) is 3.19. The van der Waals surface area contributed by atoms with Crippen LogP contribution in [-0.4, -0.2) is 19.0 Å². The Labute approximate surface area is 114 Å². The second kappa shape index (κ2) is 5.95.